The topological polar surface area (TPSA) is 55.1 Å². The normalized spacial score (nSPS) is 20.6. The zero-order chi connectivity index (χ0) is 13.9. The maximum atomic E-state index is 11.0. The van der Waals surface area contributed by atoms with Gasteiger partial charge < -0.3 is 11.1 Å². The molecular weight excluding hydrogens is 248 g/mol. The third-order valence-electron chi connectivity index (χ3n) is 3.82. The van der Waals surface area contributed by atoms with Crippen molar-refractivity contribution in [1.82, 2.24) is 5.32 Å². The van der Waals surface area contributed by atoms with E-state index < -0.39 is 0 Å². The second kappa shape index (κ2) is 5.47. The van der Waals surface area contributed by atoms with E-state index in [1.54, 1.807) is 12.1 Å². The first-order valence-electron chi connectivity index (χ1n) is 6.91. The number of nitrogens with two attached hydrogens (primary N) is 1. The van der Waals surface area contributed by atoms with Gasteiger partial charge in [-0.25, -0.2) is 0 Å². The molecule has 1 aliphatic rings. The number of hydrogen-bond acceptors (Lipinski definition) is 2. The molecule has 1 fully saturated rings. The van der Waals surface area contributed by atoms with E-state index in [1.807, 2.05) is 12.1 Å². The molecule has 3 N–H and O–H groups in total. The molecule has 0 radical (unpaired) electrons. The predicted octanol–water partition coefficient (Wildman–Crippen LogP) is 2.43. The van der Waals surface area contributed by atoms with Gasteiger partial charge >= 0.3 is 0 Å². The molecule has 3 nitrogen and oxygen atoms in total. The molecule has 20 heavy (non-hydrogen) atoms. The maximum absolute atomic E-state index is 11.0. The smallest absolute Gasteiger partial charge is 0.248 e. The standard InChI is InChI=1S/C17H18N2O/c18-17(20)14-8-6-12(7-9-14)11-19-16-10-15(16)13-4-2-1-3-5-13/h1-9,15-16,19H,10-11H2,(H2,18,20)/t15-,16+/m1/s1. The third-order valence-corrected chi connectivity index (χ3v) is 3.82. The number of benzene rings is 2. The average molecular weight is 266 g/mol. The minimum Gasteiger partial charge on any atom is -0.366 e. The largest absolute Gasteiger partial charge is 0.366 e. The van der Waals surface area contributed by atoms with Crippen LogP contribution in [0.4, 0.5) is 0 Å². The van der Waals surface area contributed by atoms with Gasteiger partial charge in [-0.3, -0.25) is 4.79 Å². The van der Waals surface area contributed by atoms with Crippen molar-refractivity contribution in [1.29, 1.82) is 0 Å². The Balaban J connectivity index is 1.53. The fraction of sp³-hybridized carbons (Fsp3) is 0.235. The van der Waals surface area contributed by atoms with E-state index in [2.05, 4.69) is 35.6 Å². The Morgan fingerprint density at radius 3 is 2.45 bits per heavy atom. The SMILES string of the molecule is NC(=O)c1ccc(CN[C@H]2C[C@@H]2c2ccccc2)cc1. The van der Waals surface area contributed by atoms with Crippen LogP contribution in [-0.2, 0) is 6.54 Å². The van der Waals surface area contributed by atoms with Gasteiger partial charge in [0.2, 0.25) is 5.91 Å². The van der Waals surface area contributed by atoms with Gasteiger partial charge in [0.25, 0.3) is 0 Å². The second-order valence-electron chi connectivity index (χ2n) is 5.30. The first-order valence-corrected chi connectivity index (χ1v) is 6.91. The van der Waals surface area contributed by atoms with Crippen LogP contribution in [0, 0.1) is 0 Å². The highest BCUT2D eigenvalue weighted by Gasteiger charge is 2.37. The quantitative estimate of drug-likeness (QED) is 0.873. The Morgan fingerprint density at radius 1 is 1.10 bits per heavy atom. The lowest BCUT2D eigenvalue weighted by Gasteiger charge is -2.05. The van der Waals surface area contributed by atoms with Gasteiger partial charge in [-0.05, 0) is 29.7 Å². The van der Waals surface area contributed by atoms with Crippen LogP contribution in [0.3, 0.4) is 0 Å². The summed E-state index contributed by atoms with van der Waals surface area (Å²) in [4.78, 5) is 11.0. The highest BCUT2D eigenvalue weighted by atomic mass is 16.1. The van der Waals surface area contributed by atoms with Crippen LogP contribution in [0.1, 0.15) is 33.8 Å². The number of carbonyl (C=O) groups excluding carboxylic acids is 1. The van der Waals surface area contributed by atoms with E-state index in [0.29, 0.717) is 17.5 Å². The van der Waals surface area contributed by atoms with Gasteiger partial charge in [0.05, 0.1) is 0 Å². The number of primary amides is 1. The number of carbonyl (C=O) groups is 1. The lowest BCUT2D eigenvalue weighted by molar-refractivity contribution is 0.100. The van der Waals surface area contributed by atoms with Crippen LogP contribution in [0.25, 0.3) is 0 Å². The van der Waals surface area contributed by atoms with Crippen LogP contribution >= 0.6 is 0 Å². The third kappa shape index (κ3) is 2.89. The van der Waals surface area contributed by atoms with Gasteiger partial charge in [0, 0.05) is 24.1 Å². The summed E-state index contributed by atoms with van der Waals surface area (Å²) in [6, 6.07) is 18.6. The molecule has 0 spiro atoms. The molecule has 2 aromatic rings. The number of hydrogen-bond donors (Lipinski definition) is 2. The number of amides is 1. The van der Waals surface area contributed by atoms with E-state index in [4.69, 9.17) is 5.73 Å². The van der Waals surface area contributed by atoms with E-state index in [-0.39, 0.29) is 5.91 Å². The lowest BCUT2D eigenvalue weighted by atomic mass is 10.1. The minimum atomic E-state index is -0.379. The maximum Gasteiger partial charge on any atom is 0.248 e. The monoisotopic (exact) mass is 266 g/mol. The van der Waals surface area contributed by atoms with Crippen molar-refractivity contribution in [3.05, 3.63) is 71.3 Å². The summed E-state index contributed by atoms with van der Waals surface area (Å²) in [7, 11) is 0. The van der Waals surface area contributed by atoms with E-state index in [1.165, 1.54) is 17.5 Å². The molecule has 0 aliphatic heterocycles. The molecule has 3 heteroatoms. The lowest BCUT2D eigenvalue weighted by Crippen LogP contribution is -2.17. The molecule has 0 bridgehead atoms. The summed E-state index contributed by atoms with van der Waals surface area (Å²) in [6.07, 6.45) is 1.20. The molecule has 2 atom stereocenters. The predicted molar refractivity (Wildman–Crippen MR) is 79.4 cm³/mol. The molecule has 0 heterocycles. The van der Waals surface area contributed by atoms with Crippen molar-refractivity contribution in [3.63, 3.8) is 0 Å². The fourth-order valence-corrected chi connectivity index (χ4v) is 2.53. The van der Waals surface area contributed by atoms with Gasteiger partial charge in [0.1, 0.15) is 0 Å². The first-order chi connectivity index (χ1) is 9.74. The average Bonchev–Trinajstić information content (AvgIpc) is 3.26. The highest BCUT2D eigenvalue weighted by molar-refractivity contribution is 5.92. The van der Waals surface area contributed by atoms with Gasteiger partial charge in [0.15, 0.2) is 0 Å². The summed E-state index contributed by atoms with van der Waals surface area (Å²) >= 11 is 0. The van der Waals surface area contributed by atoms with Crippen LogP contribution < -0.4 is 11.1 Å². The first kappa shape index (κ1) is 12.9. The van der Waals surface area contributed by atoms with E-state index in [0.717, 1.165) is 6.54 Å². The highest BCUT2D eigenvalue weighted by Crippen LogP contribution is 2.40. The molecule has 2 aromatic carbocycles. The van der Waals surface area contributed by atoms with Crippen molar-refractivity contribution in [2.24, 2.45) is 5.73 Å². The molecule has 0 unspecified atom stereocenters. The van der Waals surface area contributed by atoms with Crippen molar-refractivity contribution in [2.75, 3.05) is 0 Å². The van der Waals surface area contributed by atoms with Gasteiger partial charge in [-0.15, -0.1) is 0 Å². The van der Waals surface area contributed by atoms with Crippen molar-refractivity contribution < 1.29 is 4.79 Å². The molecule has 1 aliphatic carbocycles. The second-order valence-corrected chi connectivity index (χ2v) is 5.30. The van der Waals surface area contributed by atoms with E-state index in [9.17, 15) is 4.79 Å². The number of nitrogens with one attached hydrogen (secondary N) is 1. The van der Waals surface area contributed by atoms with Crippen LogP contribution in [0.15, 0.2) is 54.6 Å². The molecule has 1 saturated carbocycles. The minimum absolute atomic E-state index is 0.379. The Bertz CT molecular complexity index is 592. The summed E-state index contributed by atoms with van der Waals surface area (Å²) in [5, 5.41) is 3.55. The Kier molecular flexibility index (Phi) is 3.52. The molecule has 3 rings (SSSR count). The Morgan fingerprint density at radius 2 is 1.80 bits per heavy atom. The summed E-state index contributed by atoms with van der Waals surface area (Å²) in [5.74, 6) is 0.261. The van der Waals surface area contributed by atoms with E-state index >= 15 is 0 Å². The summed E-state index contributed by atoms with van der Waals surface area (Å²) < 4.78 is 0. The zero-order valence-electron chi connectivity index (χ0n) is 11.3. The van der Waals surface area contributed by atoms with Crippen molar-refractivity contribution in [2.45, 2.75) is 24.9 Å². The van der Waals surface area contributed by atoms with Gasteiger partial charge in [-0.1, -0.05) is 42.5 Å². The Hall–Kier alpha value is -2.13. The molecule has 1 amide bonds. The number of rotatable bonds is 5. The molecular formula is C17H18N2O. The van der Waals surface area contributed by atoms with Crippen LogP contribution in [-0.4, -0.2) is 11.9 Å². The molecule has 102 valence electrons. The van der Waals surface area contributed by atoms with Crippen molar-refractivity contribution in [3.8, 4) is 0 Å². The van der Waals surface area contributed by atoms with Crippen LogP contribution in [0.5, 0.6) is 0 Å². The summed E-state index contributed by atoms with van der Waals surface area (Å²) in [6.45, 7) is 0.826. The summed E-state index contributed by atoms with van der Waals surface area (Å²) in [5.41, 5.74) is 8.37. The molecule has 0 saturated heterocycles. The molecule has 0 aromatic heterocycles. The van der Waals surface area contributed by atoms with Crippen molar-refractivity contribution >= 4 is 5.91 Å². The fourth-order valence-electron chi connectivity index (χ4n) is 2.53. The zero-order valence-corrected chi connectivity index (χ0v) is 11.3. The van der Waals surface area contributed by atoms with Crippen LogP contribution in [0.2, 0.25) is 0 Å². The Labute approximate surface area is 118 Å². The van der Waals surface area contributed by atoms with Gasteiger partial charge in [-0.2, -0.15) is 0 Å².